The van der Waals surface area contributed by atoms with Crippen LogP contribution in [0.1, 0.15) is 37.5 Å². The zero-order valence-corrected chi connectivity index (χ0v) is 17.2. The highest BCUT2D eigenvalue weighted by Crippen LogP contribution is 2.34. The molecule has 2 aromatic carbocycles. The number of aliphatic imine (C=N–C) groups is 1. The lowest BCUT2D eigenvalue weighted by atomic mass is 9.93. The molecule has 1 heterocycles. The number of benzene rings is 2. The van der Waals surface area contributed by atoms with E-state index in [9.17, 15) is 0 Å². The Labute approximate surface area is 167 Å². The second-order valence-corrected chi connectivity index (χ2v) is 6.50. The minimum absolute atomic E-state index is 0.599. The van der Waals surface area contributed by atoms with Gasteiger partial charge in [0.15, 0.2) is 23.0 Å². The third-order valence-corrected chi connectivity index (χ3v) is 4.66. The number of hydrogen-bond donors (Lipinski definition) is 0. The van der Waals surface area contributed by atoms with E-state index in [4.69, 9.17) is 23.9 Å². The van der Waals surface area contributed by atoms with Crippen LogP contribution in [0.2, 0.25) is 0 Å². The van der Waals surface area contributed by atoms with E-state index in [2.05, 4.69) is 18.2 Å². The quantitative estimate of drug-likeness (QED) is 0.641. The van der Waals surface area contributed by atoms with Crippen molar-refractivity contribution in [1.82, 2.24) is 0 Å². The summed E-state index contributed by atoms with van der Waals surface area (Å²) in [4.78, 5) is 4.81. The van der Waals surface area contributed by atoms with Crippen LogP contribution in [0.5, 0.6) is 23.0 Å². The highest BCUT2D eigenvalue weighted by atomic mass is 16.5. The van der Waals surface area contributed by atoms with Crippen LogP contribution in [0, 0.1) is 0 Å². The molecule has 0 saturated heterocycles. The first kappa shape index (κ1) is 20.1. The largest absolute Gasteiger partial charge is 0.493 e. The number of ether oxygens (including phenoxy) is 4. The molecule has 5 nitrogen and oxygen atoms in total. The monoisotopic (exact) mass is 383 g/mol. The van der Waals surface area contributed by atoms with E-state index in [1.807, 2.05) is 32.9 Å². The zero-order chi connectivity index (χ0) is 19.9. The van der Waals surface area contributed by atoms with Crippen LogP contribution in [-0.2, 0) is 12.8 Å². The predicted octanol–water partition coefficient (Wildman–Crippen LogP) is 4.48. The number of nitrogens with zero attached hydrogens (tertiary/aromatic N) is 1. The van der Waals surface area contributed by atoms with Gasteiger partial charge in [-0.2, -0.15) is 0 Å². The van der Waals surface area contributed by atoms with Gasteiger partial charge in [0.2, 0.25) is 0 Å². The molecule has 0 unspecified atom stereocenters. The molecule has 150 valence electrons. The van der Waals surface area contributed by atoms with Gasteiger partial charge in [-0.05, 0) is 62.6 Å². The average molecular weight is 383 g/mol. The fraction of sp³-hybridized carbons (Fsp3) is 0.435. The van der Waals surface area contributed by atoms with Gasteiger partial charge in [-0.15, -0.1) is 0 Å². The Balaban J connectivity index is 1.91. The van der Waals surface area contributed by atoms with Crippen molar-refractivity contribution in [2.75, 3.05) is 33.5 Å². The van der Waals surface area contributed by atoms with Crippen molar-refractivity contribution in [1.29, 1.82) is 0 Å². The summed E-state index contributed by atoms with van der Waals surface area (Å²) in [6, 6.07) is 10.2. The van der Waals surface area contributed by atoms with E-state index in [1.165, 1.54) is 5.56 Å². The Morgan fingerprint density at radius 1 is 0.821 bits per heavy atom. The number of fused-ring (bicyclic) bond motifs is 1. The molecule has 0 radical (unpaired) electrons. The lowest BCUT2D eigenvalue weighted by Crippen LogP contribution is -2.16. The number of hydrogen-bond acceptors (Lipinski definition) is 5. The lowest BCUT2D eigenvalue weighted by Gasteiger charge is -2.21. The van der Waals surface area contributed by atoms with Gasteiger partial charge in [-0.1, -0.05) is 6.07 Å². The number of rotatable bonds is 9. The number of methoxy groups -OCH3 is 1. The molecule has 0 atom stereocenters. The van der Waals surface area contributed by atoms with Gasteiger partial charge in [0.1, 0.15) is 0 Å². The van der Waals surface area contributed by atoms with Crippen molar-refractivity contribution in [3.63, 3.8) is 0 Å². The van der Waals surface area contributed by atoms with Crippen LogP contribution in [0.4, 0.5) is 0 Å². The maximum Gasteiger partial charge on any atom is 0.161 e. The van der Waals surface area contributed by atoms with E-state index in [0.717, 1.165) is 59.2 Å². The Morgan fingerprint density at radius 2 is 1.50 bits per heavy atom. The molecule has 0 aliphatic carbocycles. The Hall–Kier alpha value is -2.69. The molecule has 1 aliphatic rings. The van der Waals surface area contributed by atoms with Gasteiger partial charge in [-0.25, -0.2) is 0 Å². The van der Waals surface area contributed by atoms with Crippen LogP contribution in [0.15, 0.2) is 35.3 Å². The molecule has 0 spiro atoms. The van der Waals surface area contributed by atoms with Crippen molar-refractivity contribution in [2.45, 2.75) is 33.6 Å². The van der Waals surface area contributed by atoms with Crippen molar-refractivity contribution >= 4 is 5.71 Å². The SMILES string of the molecule is CCOc1ccc(CC2=NCCc3cc(OCC)c(OCC)cc32)cc1OC. The molecule has 0 N–H and O–H groups in total. The Morgan fingerprint density at radius 3 is 2.18 bits per heavy atom. The van der Waals surface area contributed by atoms with Crippen LogP contribution < -0.4 is 18.9 Å². The van der Waals surface area contributed by atoms with E-state index < -0.39 is 0 Å². The molecule has 1 aliphatic heterocycles. The first-order chi connectivity index (χ1) is 13.7. The first-order valence-corrected chi connectivity index (χ1v) is 9.96. The van der Waals surface area contributed by atoms with E-state index in [-0.39, 0.29) is 0 Å². The molecule has 5 heteroatoms. The van der Waals surface area contributed by atoms with Crippen molar-refractivity contribution in [3.8, 4) is 23.0 Å². The summed E-state index contributed by atoms with van der Waals surface area (Å²) in [5, 5.41) is 0. The van der Waals surface area contributed by atoms with Crippen LogP contribution in [0.25, 0.3) is 0 Å². The highest BCUT2D eigenvalue weighted by Gasteiger charge is 2.19. The molecular weight excluding hydrogens is 354 g/mol. The van der Waals surface area contributed by atoms with Gasteiger partial charge in [0.25, 0.3) is 0 Å². The van der Waals surface area contributed by atoms with E-state index in [0.29, 0.717) is 19.8 Å². The van der Waals surface area contributed by atoms with Crippen molar-refractivity contribution in [3.05, 3.63) is 47.0 Å². The maximum absolute atomic E-state index is 5.82. The van der Waals surface area contributed by atoms with Crippen LogP contribution >= 0.6 is 0 Å². The van der Waals surface area contributed by atoms with Gasteiger partial charge < -0.3 is 18.9 Å². The summed E-state index contributed by atoms with van der Waals surface area (Å²) < 4.78 is 22.7. The fourth-order valence-corrected chi connectivity index (χ4v) is 3.45. The molecule has 28 heavy (non-hydrogen) atoms. The van der Waals surface area contributed by atoms with Gasteiger partial charge in [0.05, 0.1) is 26.9 Å². The molecule has 0 bridgehead atoms. The zero-order valence-electron chi connectivity index (χ0n) is 17.2. The molecule has 0 saturated carbocycles. The molecule has 3 rings (SSSR count). The smallest absolute Gasteiger partial charge is 0.161 e. The fourth-order valence-electron chi connectivity index (χ4n) is 3.45. The predicted molar refractivity (Wildman–Crippen MR) is 112 cm³/mol. The van der Waals surface area contributed by atoms with E-state index >= 15 is 0 Å². The van der Waals surface area contributed by atoms with Gasteiger partial charge in [0, 0.05) is 24.2 Å². The minimum Gasteiger partial charge on any atom is -0.493 e. The third-order valence-electron chi connectivity index (χ3n) is 4.66. The molecule has 0 aromatic heterocycles. The normalized spacial score (nSPS) is 12.8. The summed E-state index contributed by atoms with van der Waals surface area (Å²) in [7, 11) is 1.67. The van der Waals surface area contributed by atoms with Crippen LogP contribution in [-0.4, -0.2) is 39.2 Å². The highest BCUT2D eigenvalue weighted by molar-refractivity contribution is 6.04. The van der Waals surface area contributed by atoms with Crippen LogP contribution in [0.3, 0.4) is 0 Å². The van der Waals surface area contributed by atoms with Gasteiger partial charge >= 0.3 is 0 Å². The first-order valence-electron chi connectivity index (χ1n) is 9.96. The summed E-state index contributed by atoms with van der Waals surface area (Å²) in [6.07, 6.45) is 1.65. The van der Waals surface area contributed by atoms with Gasteiger partial charge in [-0.3, -0.25) is 4.99 Å². The summed E-state index contributed by atoms with van der Waals surface area (Å²) in [5.74, 6) is 3.10. The average Bonchev–Trinajstić information content (AvgIpc) is 2.70. The molecule has 0 fully saturated rings. The van der Waals surface area contributed by atoms with Crippen molar-refractivity contribution < 1.29 is 18.9 Å². The maximum atomic E-state index is 5.82. The topological polar surface area (TPSA) is 49.3 Å². The standard InChI is InChI=1S/C23H29NO4/c1-5-26-20-9-8-16(13-21(20)25-4)12-19-18-15-23(28-7-3)22(27-6-2)14-17(18)10-11-24-19/h8-9,13-15H,5-7,10-12H2,1-4H3. The Kier molecular flexibility index (Phi) is 6.80. The second-order valence-electron chi connectivity index (χ2n) is 6.50. The lowest BCUT2D eigenvalue weighted by molar-refractivity contribution is 0.287. The third kappa shape index (κ3) is 4.41. The Bertz CT molecular complexity index is 845. The second kappa shape index (κ2) is 9.49. The summed E-state index contributed by atoms with van der Waals surface area (Å²) >= 11 is 0. The molecule has 0 amide bonds. The molecule has 2 aromatic rings. The summed E-state index contributed by atoms with van der Waals surface area (Å²) in [6.45, 7) is 8.55. The van der Waals surface area contributed by atoms with Crippen molar-refractivity contribution in [2.24, 2.45) is 4.99 Å². The molecular formula is C23H29NO4. The summed E-state index contributed by atoms with van der Waals surface area (Å²) in [5.41, 5.74) is 4.61. The van der Waals surface area contributed by atoms with E-state index in [1.54, 1.807) is 7.11 Å². The minimum atomic E-state index is 0.599.